The summed E-state index contributed by atoms with van der Waals surface area (Å²) in [6.45, 7) is 2.16. The number of hydrogen-bond acceptors (Lipinski definition) is 4. The van der Waals surface area contributed by atoms with E-state index >= 15 is 0 Å². The molecule has 3 nitrogen and oxygen atoms in total. The molecule has 0 saturated carbocycles. The van der Waals surface area contributed by atoms with E-state index < -0.39 is 21.6 Å². The van der Waals surface area contributed by atoms with Crippen LogP contribution in [0.2, 0.25) is 0 Å². The van der Waals surface area contributed by atoms with Crippen LogP contribution in [0.25, 0.3) is 0 Å². The second kappa shape index (κ2) is 8.47. The van der Waals surface area contributed by atoms with Crippen LogP contribution in [0, 0.1) is 5.92 Å². The van der Waals surface area contributed by atoms with Gasteiger partial charge in [0.05, 0.1) is 16.2 Å². The minimum atomic E-state index is -4.55. The Bertz CT molecular complexity index is 912. The van der Waals surface area contributed by atoms with Gasteiger partial charge in [0.1, 0.15) is 0 Å². The van der Waals surface area contributed by atoms with Crippen molar-refractivity contribution in [1.82, 2.24) is 4.90 Å². The van der Waals surface area contributed by atoms with Gasteiger partial charge in [-0.05, 0) is 61.0 Å². The molecule has 1 heterocycles. The van der Waals surface area contributed by atoms with Crippen molar-refractivity contribution < 1.29 is 21.6 Å². The van der Waals surface area contributed by atoms with Crippen molar-refractivity contribution in [3.05, 3.63) is 59.7 Å². The van der Waals surface area contributed by atoms with Crippen LogP contribution in [0.3, 0.4) is 0 Å². The highest BCUT2D eigenvalue weighted by molar-refractivity contribution is 7.98. The summed E-state index contributed by atoms with van der Waals surface area (Å²) in [5, 5.41) is 0. The van der Waals surface area contributed by atoms with E-state index in [9.17, 15) is 21.6 Å². The van der Waals surface area contributed by atoms with Gasteiger partial charge < -0.3 is 0 Å². The zero-order valence-electron chi connectivity index (χ0n) is 15.4. The first kappa shape index (κ1) is 21.2. The van der Waals surface area contributed by atoms with Gasteiger partial charge in [-0.2, -0.15) is 13.2 Å². The van der Waals surface area contributed by atoms with E-state index in [1.165, 1.54) is 16.5 Å². The fourth-order valence-electron chi connectivity index (χ4n) is 3.45. The maximum Gasteiger partial charge on any atom is 0.416 e. The maximum absolute atomic E-state index is 12.9. The summed E-state index contributed by atoms with van der Waals surface area (Å²) < 4.78 is 63.8. The predicted molar refractivity (Wildman–Crippen MR) is 105 cm³/mol. The first-order valence-corrected chi connectivity index (χ1v) is 11.8. The maximum atomic E-state index is 12.9. The number of likely N-dealkylation sites (tertiary alicyclic amines) is 1. The van der Waals surface area contributed by atoms with Gasteiger partial charge in [-0.3, -0.25) is 4.90 Å². The first-order valence-electron chi connectivity index (χ1n) is 8.93. The second-order valence-electron chi connectivity index (χ2n) is 7.04. The van der Waals surface area contributed by atoms with Crippen LogP contribution in [0.5, 0.6) is 0 Å². The van der Waals surface area contributed by atoms with E-state index in [-0.39, 0.29) is 16.6 Å². The van der Waals surface area contributed by atoms with Crippen molar-refractivity contribution in [2.45, 2.75) is 28.9 Å². The number of thioether (sulfide) groups is 1. The number of benzene rings is 2. The highest BCUT2D eigenvalue weighted by atomic mass is 32.2. The minimum absolute atomic E-state index is 0.0787. The molecule has 1 saturated heterocycles. The Labute approximate surface area is 167 Å². The number of alkyl halides is 3. The Hall–Kier alpha value is -1.51. The predicted octanol–water partition coefficient (Wildman–Crippen LogP) is 4.72. The van der Waals surface area contributed by atoms with Crippen LogP contribution in [-0.2, 0) is 22.6 Å². The van der Waals surface area contributed by atoms with Gasteiger partial charge >= 0.3 is 6.18 Å². The van der Waals surface area contributed by atoms with Crippen molar-refractivity contribution in [3.8, 4) is 0 Å². The standard InChI is InChI=1S/C20H22F3NO2S2/c1-27-18-7-5-15(6-8-18)12-24-10-9-16(13-24)14-28(25,26)19-4-2-3-17(11-19)20(21,22)23/h2-8,11,16H,9-10,12-14H2,1H3/t16-/m1/s1. The van der Waals surface area contributed by atoms with Gasteiger partial charge in [-0.1, -0.05) is 18.2 Å². The molecule has 2 aromatic rings. The first-order chi connectivity index (χ1) is 13.2. The molecular formula is C20H22F3NO2S2. The van der Waals surface area contributed by atoms with E-state index in [0.717, 1.165) is 37.7 Å². The Morgan fingerprint density at radius 3 is 2.50 bits per heavy atom. The van der Waals surface area contributed by atoms with E-state index in [1.807, 2.05) is 6.26 Å². The lowest BCUT2D eigenvalue weighted by Crippen LogP contribution is -2.23. The Morgan fingerprint density at radius 1 is 1.14 bits per heavy atom. The van der Waals surface area contributed by atoms with Crippen LogP contribution in [-0.4, -0.2) is 38.4 Å². The molecule has 0 spiro atoms. The SMILES string of the molecule is CSc1ccc(CN2CC[C@@H](CS(=O)(=O)c3cccc(C(F)(F)F)c3)C2)cc1. The number of rotatable bonds is 6. The molecule has 0 radical (unpaired) electrons. The fourth-order valence-corrected chi connectivity index (χ4v) is 5.54. The highest BCUT2D eigenvalue weighted by Crippen LogP contribution is 2.31. The smallest absolute Gasteiger partial charge is 0.299 e. The van der Waals surface area contributed by atoms with Crippen LogP contribution in [0.4, 0.5) is 13.2 Å². The average molecular weight is 430 g/mol. The highest BCUT2D eigenvalue weighted by Gasteiger charge is 2.33. The summed E-state index contributed by atoms with van der Waals surface area (Å²) in [7, 11) is -3.76. The monoisotopic (exact) mass is 429 g/mol. The molecule has 0 N–H and O–H groups in total. The van der Waals surface area contributed by atoms with Crippen LogP contribution >= 0.6 is 11.8 Å². The van der Waals surface area contributed by atoms with E-state index in [4.69, 9.17) is 0 Å². The van der Waals surface area contributed by atoms with Crippen molar-refractivity contribution in [2.75, 3.05) is 25.1 Å². The third-order valence-electron chi connectivity index (χ3n) is 4.91. The number of sulfone groups is 1. The summed E-state index contributed by atoms with van der Waals surface area (Å²) in [5.41, 5.74) is 0.231. The number of hydrogen-bond donors (Lipinski definition) is 0. The number of halogens is 3. The summed E-state index contributed by atoms with van der Waals surface area (Å²) in [4.78, 5) is 3.13. The lowest BCUT2D eigenvalue weighted by molar-refractivity contribution is -0.137. The Balaban J connectivity index is 1.62. The minimum Gasteiger partial charge on any atom is -0.299 e. The van der Waals surface area contributed by atoms with Gasteiger partial charge in [0.15, 0.2) is 9.84 Å². The van der Waals surface area contributed by atoms with Gasteiger partial charge in [0, 0.05) is 18.0 Å². The lowest BCUT2D eigenvalue weighted by Gasteiger charge is -2.16. The summed E-state index contributed by atoms with van der Waals surface area (Å²) in [5.74, 6) is -0.207. The Morgan fingerprint density at radius 2 is 1.86 bits per heavy atom. The molecule has 0 unspecified atom stereocenters. The zero-order valence-corrected chi connectivity index (χ0v) is 17.1. The second-order valence-corrected chi connectivity index (χ2v) is 9.96. The third-order valence-corrected chi connectivity index (χ3v) is 7.54. The van der Waals surface area contributed by atoms with Gasteiger partial charge in [0.2, 0.25) is 0 Å². The molecule has 0 bridgehead atoms. The molecule has 3 rings (SSSR count). The van der Waals surface area contributed by atoms with Crippen LogP contribution < -0.4 is 0 Å². The van der Waals surface area contributed by atoms with Crippen molar-refractivity contribution in [3.63, 3.8) is 0 Å². The quantitative estimate of drug-likeness (QED) is 0.623. The molecule has 1 fully saturated rings. The fraction of sp³-hybridized carbons (Fsp3) is 0.400. The molecule has 152 valence electrons. The molecule has 0 aliphatic carbocycles. The van der Waals surface area contributed by atoms with Crippen LogP contribution in [0.1, 0.15) is 17.5 Å². The van der Waals surface area contributed by atoms with Crippen molar-refractivity contribution in [1.29, 1.82) is 0 Å². The molecule has 0 aromatic heterocycles. The third kappa shape index (κ3) is 5.30. The lowest BCUT2D eigenvalue weighted by atomic mass is 10.2. The van der Waals surface area contributed by atoms with Gasteiger partial charge in [-0.25, -0.2) is 8.42 Å². The van der Waals surface area contributed by atoms with Crippen molar-refractivity contribution in [2.24, 2.45) is 5.92 Å². The molecule has 1 aliphatic rings. The topological polar surface area (TPSA) is 37.4 Å². The summed E-state index contributed by atoms with van der Waals surface area (Å²) in [6.07, 6.45) is -1.81. The molecule has 1 aliphatic heterocycles. The van der Waals surface area contributed by atoms with Gasteiger partial charge in [0.25, 0.3) is 0 Å². The van der Waals surface area contributed by atoms with E-state index in [1.54, 1.807) is 11.8 Å². The van der Waals surface area contributed by atoms with Gasteiger partial charge in [-0.15, -0.1) is 11.8 Å². The largest absolute Gasteiger partial charge is 0.416 e. The molecule has 0 amide bonds. The zero-order chi connectivity index (χ0) is 20.4. The molecular weight excluding hydrogens is 407 g/mol. The van der Waals surface area contributed by atoms with Crippen molar-refractivity contribution >= 4 is 21.6 Å². The average Bonchev–Trinajstić information content (AvgIpc) is 3.08. The summed E-state index contributed by atoms with van der Waals surface area (Å²) >= 11 is 1.68. The van der Waals surface area contributed by atoms with Crippen LogP contribution in [0.15, 0.2) is 58.3 Å². The normalized spacial score (nSPS) is 18.5. The molecule has 2 aromatic carbocycles. The molecule has 8 heteroatoms. The molecule has 1 atom stereocenters. The molecule has 28 heavy (non-hydrogen) atoms. The summed E-state index contributed by atoms with van der Waals surface area (Å²) in [6, 6.07) is 12.3. The number of nitrogens with zero attached hydrogens (tertiary/aromatic N) is 1. The van der Waals surface area contributed by atoms with E-state index in [0.29, 0.717) is 6.54 Å². The van der Waals surface area contributed by atoms with E-state index in [2.05, 4.69) is 29.2 Å². The Kier molecular flexibility index (Phi) is 6.41.